The maximum absolute atomic E-state index is 11.9. The van der Waals surface area contributed by atoms with Gasteiger partial charge in [0, 0.05) is 24.8 Å². The highest BCUT2D eigenvalue weighted by molar-refractivity contribution is 8.06. The molecule has 0 aromatic carbocycles. The molecule has 1 saturated heterocycles. The Bertz CT molecular complexity index is 559. The zero-order valence-corrected chi connectivity index (χ0v) is 12.5. The third-order valence-electron chi connectivity index (χ3n) is 3.31. The van der Waals surface area contributed by atoms with Crippen molar-refractivity contribution >= 4 is 25.7 Å². The quantitative estimate of drug-likeness (QED) is 0.301. The van der Waals surface area contributed by atoms with Gasteiger partial charge in [-0.25, -0.2) is 21.1 Å². The molecule has 0 atom stereocenters. The molecule has 0 bridgehead atoms. The molecule has 0 unspecified atom stereocenters. The van der Waals surface area contributed by atoms with Crippen LogP contribution in [-0.4, -0.2) is 56.6 Å². The van der Waals surface area contributed by atoms with E-state index in [0.717, 1.165) is 10.6 Å². The van der Waals surface area contributed by atoms with Crippen LogP contribution in [0.2, 0.25) is 0 Å². The Morgan fingerprint density at radius 2 is 1.79 bits per heavy atom. The van der Waals surface area contributed by atoms with Crippen LogP contribution in [0.25, 0.3) is 0 Å². The van der Waals surface area contributed by atoms with Gasteiger partial charge in [-0.3, -0.25) is 0 Å². The summed E-state index contributed by atoms with van der Waals surface area (Å²) in [7, 11) is -7.42. The highest BCUT2D eigenvalue weighted by Gasteiger charge is 2.38. The fourth-order valence-electron chi connectivity index (χ4n) is 1.98. The van der Waals surface area contributed by atoms with Crippen molar-refractivity contribution in [1.29, 1.82) is 0 Å². The van der Waals surface area contributed by atoms with Crippen LogP contribution in [0.5, 0.6) is 0 Å². The summed E-state index contributed by atoms with van der Waals surface area (Å²) < 4.78 is 47.1. The molecule has 10 heteroatoms. The van der Waals surface area contributed by atoms with Gasteiger partial charge in [0.15, 0.2) is 14.9 Å². The van der Waals surface area contributed by atoms with Crippen LogP contribution in [0, 0.1) is 5.41 Å². The van der Waals surface area contributed by atoms with Crippen LogP contribution >= 0.6 is 0 Å². The van der Waals surface area contributed by atoms with Gasteiger partial charge >= 0.3 is 0 Å². The zero-order valence-electron chi connectivity index (χ0n) is 10.9. The molecule has 8 nitrogen and oxygen atoms in total. The maximum atomic E-state index is 11.9. The third-order valence-corrected chi connectivity index (χ3v) is 7.36. The standard InChI is InChI=1S/C9H19N3O5S2/c1-9(8(10)11-13)3-5-12(6-4-9)19(16,17)7-18(2,14)15/h13H,3-7H2,1-2H3,(H2,10,11). The van der Waals surface area contributed by atoms with E-state index in [1.54, 1.807) is 6.92 Å². The van der Waals surface area contributed by atoms with E-state index in [4.69, 9.17) is 10.9 Å². The molecule has 0 spiro atoms. The first-order valence-corrected chi connectivity index (χ1v) is 9.31. The Morgan fingerprint density at radius 3 is 2.16 bits per heavy atom. The second-order valence-electron chi connectivity index (χ2n) is 5.10. The predicted molar refractivity (Wildman–Crippen MR) is 71.0 cm³/mol. The van der Waals surface area contributed by atoms with E-state index in [1.807, 2.05) is 0 Å². The number of sulfone groups is 1. The number of amidine groups is 1. The molecule has 0 saturated carbocycles. The highest BCUT2D eigenvalue weighted by Crippen LogP contribution is 2.32. The highest BCUT2D eigenvalue weighted by atomic mass is 32.3. The zero-order chi connectivity index (χ0) is 14.9. The van der Waals surface area contributed by atoms with Crippen LogP contribution in [0.3, 0.4) is 0 Å². The van der Waals surface area contributed by atoms with Crippen molar-refractivity contribution in [1.82, 2.24) is 4.31 Å². The summed E-state index contributed by atoms with van der Waals surface area (Å²) in [6.45, 7) is 2.09. The molecule has 0 radical (unpaired) electrons. The molecule has 0 aromatic rings. The van der Waals surface area contributed by atoms with Gasteiger partial charge in [0.25, 0.3) is 0 Å². The molecule has 1 aliphatic rings. The molecule has 0 aliphatic carbocycles. The second-order valence-corrected chi connectivity index (χ2v) is 9.57. The van der Waals surface area contributed by atoms with Gasteiger partial charge < -0.3 is 10.9 Å². The van der Waals surface area contributed by atoms with E-state index in [9.17, 15) is 16.8 Å². The van der Waals surface area contributed by atoms with E-state index < -0.39 is 30.4 Å². The molecule has 1 rings (SSSR count). The van der Waals surface area contributed by atoms with E-state index in [-0.39, 0.29) is 18.9 Å². The molecule has 3 N–H and O–H groups in total. The summed E-state index contributed by atoms with van der Waals surface area (Å²) >= 11 is 0. The lowest BCUT2D eigenvalue weighted by Gasteiger charge is -2.37. The number of oxime groups is 1. The molecule has 0 aromatic heterocycles. The molecule has 1 heterocycles. The topological polar surface area (TPSA) is 130 Å². The number of hydrogen-bond donors (Lipinski definition) is 2. The van der Waals surface area contributed by atoms with Crippen molar-refractivity contribution in [2.45, 2.75) is 19.8 Å². The number of piperidine rings is 1. The Hall–Kier alpha value is -0.870. The Balaban J connectivity index is 2.80. The number of rotatable bonds is 4. The summed E-state index contributed by atoms with van der Waals surface area (Å²) in [5.74, 6) is 0.0626. The number of hydrogen-bond acceptors (Lipinski definition) is 6. The van der Waals surface area contributed by atoms with E-state index in [1.165, 1.54) is 0 Å². The first-order valence-electron chi connectivity index (χ1n) is 5.64. The SMILES string of the molecule is CC1(C(N)=NO)CCN(S(=O)(=O)CS(C)(=O)=O)CC1. The van der Waals surface area contributed by atoms with E-state index in [0.29, 0.717) is 12.8 Å². The van der Waals surface area contributed by atoms with Crippen LogP contribution in [0.15, 0.2) is 5.16 Å². The molecule has 0 amide bonds. The summed E-state index contributed by atoms with van der Waals surface area (Å²) in [4.78, 5) is 0. The summed E-state index contributed by atoms with van der Waals surface area (Å²) in [5, 5.41) is 10.8. The minimum Gasteiger partial charge on any atom is -0.409 e. The molecule has 1 aliphatic heterocycles. The average Bonchev–Trinajstić information content (AvgIpc) is 2.25. The normalized spacial score (nSPS) is 22.3. The van der Waals surface area contributed by atoms with Gasteiger partial charge in [-0.1, -0.05) is 12.1 Å². The Kier molecular flexibility index (Phi) is 4.47. The predicted octanol–water partition coefficient (Wildman–Crippen LogP) is -0.833. The Labute approximate surface area is 113 Å². The van der Waals surface area contributed by atoms with E-state index in [2.05, 4.69) is 5.16 Å². The largest absolute Gasteiger partial charge is 0.409 e. The van der Waals surface area contributed by atoms with Crippen molar-refractivity contribution in [3.05, 3.63) is 0 Å². The number of nitrogens with zero attached hydrogens (tertiary/aromatic N) is 2. The minimum absolute atomic E-state index is 0.0626. The van der Waals surface area contributed by atoms with Crippen LogP contribution in [0.4, 0.5) is 0 Å². The summed E-state index contributed by atoms with van der Waals surface area (Å²) in [6, 6.07) is 0. The maximum Gasteiger partial charge on any atom is 0.228 e. The molecular weight excluding hydrogens is 294 g/mol. The van der Waals surface area contributed by atoms with Gasteiger partial charge in [-0.2, -0.15) is 0 Å². The summed E-state index contributed by atoms with van der Waals surface area (Å²) in [5.41, 5.74) is 5.01. The van der Waals surface area contributed by atoms with Gasteiger partial charge in [-0.15, -0.1) is 0 Å². The Morgan fingerprint density at radius 1 is 1.32 bits per heavy atom. The number of sulfonamides is 1. The van der Waals surface area contributed by atoms with Crippen molar-refractivity contribution in [3.8, 4) is 0 Å². The number of nitrogens with two attached hydrogens (primary N) is 1. The molecule has 19 heavy (non-hydrogen) atoms. The first-order chi connectivity index (χ1) is 8.50. The van der Waals surface area contributed by atoms with E-state index >= 15 is 0 Å². The smallest absolute Gasteiger partial charge is 0.228 e. The van der Waals surface area contributed by atoms with Crippen molar-refractivity contribution in [2.24, 2.45) is 16.3 Å². The molecular formula is C9H19N3O5S2. The third kappa shape index (κ3) is 4.05. The lowest BCUT2D eigenvalue weighted by Crippen LogP contribution is -2.48. The fraction of sp³-hybridized carbons (Fsp3) is 0.889. The van der Waals surface area contributed by atoms with Gasteiger partial charge in [0.05, 0.1) is 0 Å². The van der Waals surface area contributed by atoms with Gasteiger partial charge in [0.2, 0.25) is 10.0 Å². The van der Waals surface area contributed by atoms with Crippen molar-refractivity contribution in [3.63, 3.8) is 0 Å². The van der Waals surface area contributed by atoms with Gasteiger partial charge in [0.1, 0.15) is 5.84 Å². The van der Waals surface area contributed by atoms with Crippen LogP contribution < -0.4 is 5.73 Å². The minimum atomic E-state index is -3.82. The summed E-state index contributed by atoms with van der Waals surface area (Å²) in [6.07, 6.45) is 1.65. The lowest BCUT2D eigenvalue weighted by molar-refractivity contribution is 0.230. The fourth-order valence-corrected chi connectivity index (χ4v) is 5.48. The molecule has 112 valence electrons. The first kappa shape index (κ1) is 16.2. The van der Waals surface area contributed by atoms with Crippen LogP contribution in [0.1, 0.15) is 19.8 Å². The van der Waals surface area contributed by atoms with Gasteiger partial charge in [-0.05, 0) is 12.8 Å². The van der Waals surface area contributed by atoms with Crippen LogP contribution in [-0.2, 0) is 19.9 Å². The average molecular weight is 313 g/mol. The monoisotopic (exact) mass is 313 g/mol. The molecule has 1 fully saturated rings. The van der Waals surface area contributed by atoms with Crippen molar-refractivity contribution in [2.75, 3.05) is 24.4 Å². The lowest BCUT2D eigenvalue weighted by atomic mass is 9.80. The van der Waals surface area contributed by atoms with Crippen molar-refractivity contribution < 1.29 is 22.0 Å². The second kappa shape index (κ2) is 5.25.